The number of anilines is 3. The molecule has 3 rings (SSSR count). The van der Waals surface area contributed by atoms with Crippen molar-refractivity contribution in [1.82, 2.24) is 0 Å². The third-order valence-electron chi connectivity index (χ3n) is 4.80. The predicted octanol–water partition coefficient (Wildman–Crippen LogP) is 8.26. The SMILES string of the molecule is BrCCCCOc1ccc(N(c2ccccc2)c2ccc(OCCCCBr)cc2)cc1. The Hall–Kier alpha value is -1.98. The molecule has 0 N–H and O–H groups in total. The monoisotopic (exact) mass is 545 g/mol. The summed E-state index contributed by atoms with van der Waals surface area (Å²) in [6, 6.07) is 27.0. The lowest BCUT2D eigenvalue weighted by atomic mass is 10.2. The van der Waals surface area contributed by atoms with Crippen molar-refractivity contribution in [2.45, 2.75) is 25.7 Å². The van der Waals surface area contributed by atoms with Crippen LogP contribution < -0.4 is 14.4 Å². The Morgan fingerprint density at radius 3 is 1.35 bits per heavy atom. The number of alkyl halides is 2. The first-order valence-corrected chi connectivity index (χ1v) is 13.0. The second-order valence-corrected chi connectivity index (χ2v) is 8.73. The summed E-state index contributed by atoms with van der Waals surface area (Å²) in [7, 11) is 0. The highest BCUT2D eigenvalue weighted by atomic mass is 79.9. The highest BCUT2D eigenvalue weighted by Crippen LogP contribution is 2.35. The molecule has 0 radical (unpaired) electrons. The number of rotatable bonds is 13. The van der Waals surface area contributed by atoms with Gasteiger partial charge in [0.25, 0.3) is 0 Å². The van der Waals surface area contributed by atoms with Crippen LogP contribution in [0.1, 0.15) is 25.7 Å². The average molecular weight is 547 g/mol. The lowest BCUT2D eigenvalue weighted by Crippen LogP contribution is -2.10. The second-order valence-electron chi connectivity index (χ2n) is 7.15. The Bertz CT molecular complexity index is 815. The Kier molecular flexibility index (Phi) is 10.3. The molecule has 0 atom stereocenters. The van der Waals surface area contributed by atoms with E-state index in [1.165, 1.54) is 0 Å². The van der Waals surface area contributed by atoms with Gasteiger partial charge < -0.3 is 14.4 Å². The molecule has 0 unspecified atom stereocenters. The zero-order valence-corrected chi connectivity index (χ0v) is 20.9. The fourth-order valence-electron chi connectivity index (χ4n) is 3.18. The number of hydrogen-bond acceptors (Lipinski definition) is 3. The van der Waals surface area contributed by atoms with E-state index in [1.54, 1.807) is 0 Å². The number of nitrogens with zero attached hydrogens (tertiary/aromatic N) is 1. The smallest absolute Gasteiger partial charge is 0.119 e. The molecule has 3 aromatic rings. The first kappa shape index (κ1) is 23.7. The standard InChI is InChI=1S/C26H29Br2NO2/c27-18-4-6-20-30-25-14-10-23(11-15-25)29(22-8-2-1-3-9-22)24-12-16-26(17-13-24)31-21-7-5-19-28/h1-3,8-17H,4-7,18-21H2. The fraction of sp³-hybridized carbons (Fsp3) is 0.308. The van der Waals surface area contributed by atoms with Crippen LogP contribution in [-0.4, -0.2) is 23.9 Å². The molecule has 0 fully saturated rings. The molecule has 0 aromatic heterocycles. The first-order valence-electron chi connectivity index (χ1n) is 10.7. The van der Waals surface area contributed by atoms with Crippen molar-refractivity contribution in [2.24, 2.45) is 0 Å². The highest BCUT2D eigenvalue weighted by molar-refractivity contribution is 9.09. The molecule has 0 aliphatic rings. The number of ether oxygens (including phenoxy) is 2. The third kappa shape index (κ3) is 7.58. The van der Waals surface area contributed by atoms with Crippen LogP contribution in [0.2, 0.25) is 0 Å². The van der Waals surface area contributed by atoms with Crippen LogP contribution >= 0.6 is 31.9 Å². The molecule has 0 saturated heterocycles. The van der Waals surface area contributed by atoms with Crippen LogP contribution in [-0.2, 0) is 0 Å². The Morgan fingerprint density at radius 1 is 0.516 bits per heavy atom. The predicted molar refractivity (Wildman–Crippen MR) is 138 cm³/mol. The van der Waals surface area contributed by atoms with E-state index in [0.717, 1.165) is 78.1 Å². The molecule has 0 saturated carbocycles. The molecular formula is C26H29Br2NO2. The van der Waals surface area contributed by atoms with Crippen molar-refractivity contribution in [3.8, 4) is 11.5 Å². The first-order chi connectivity index (χ1) is 15.3. The molecule has 31 heavy (non-hydrogen) atoms. The Morgan fingerprint density at radius 2 is 0.935 bits per heavy atom. The van der Waals surface area contributed by atoms with Crippen LogP contribution in [0.3, 0.4) is 0 Å². The van der Waals surface area contributed by atoms with Crippen molar-refractivity contribution in [3.05, 3.63) is 78.9 Å². The van der Waals surface area contributed by atoms with Gasteiger partial charge in [0.1, 0.15) is 11.5 Å². The zero-order valence-electron chi connectivity index (χ0n) is 17.7. The molecule has 0 aliphatic carbocycles. The topological polar surface area (TPSA) is 21.7 Å². The van der Waals surface area contributed by atoms with Crippen LogP contribution in [0.4, 0.5) is 17.1 Å². The third-order valence-corrected chi connectivity index (χ3v) is 5.92. The minimum Gasteiger partial charge on any atom is -0.494 e. The van der Waals surface area contributed by atoms with E-state index in [9.17, 15) is 0 Å². The van der Waals surface area contributed by atoms with Gasteiger partial charge >= 0.3 is 0 Å². The summed E-state index contributed by atoms with van der Waals surface area (Å²) in [6.45, 7) is 1.48. The minimum absolute atomic E-state index is 0.741. The van der Waals surface area contributed by atoms with Gasteiger partial charge in [0.05, 0.1) is 13.2 Å². The summed E-state index contributed by atoms with van der Waals surface area (Å²) >= 11 is 6.92. The quantitative estimate of drug-likeness (QED) is 0.159. The lowest BCUT2D eigenvalue weighted by Gasteiger charge is -2.25. The summed E-state index contributed by atoms with van der Waals surface area (Å²) < 4.78 is 11.7. The van der Waals surface area contributed by atoms with Gasteiger partial charge in [0.2, 0.25) is 0 Å². The maximum Gasteiger partial charge on any atom is 0.119 e. The number of para-hydroxylation sites is 1. The number of unbranched alkanes of at least 4 members (excludes halogenated alkanes) is 2. The number of benzene rings is 3. The van der Waals surface area contributed by atoms with Crippen molar-refractivity contribution in [1.29, 1.82) is 0 Å². The number of hydrogen-bond donors (Lipinski definition) is 0. The Balaban J connectivity index is 1.75. The molecule has 0 spiro atoms. The fourth-order valence-corrected chi connectivity index (χ4v) is 3.97. The van der Waals surface area contributed by atoms with Crippen molar-refractivity contribution in [2.75, 3.05) is 28.8 Å². The summed E-state index contributed by atoms with van der Waals surface area (Å²) in [5, 5.41) is 2.03. The van der Waals surface area contributed by atoms with Gasteiger partial charge in [-0.15, -0.1) is 0 Å². The number of halogens is 2. The van der Waals surface area contributed by atoms with E-state index in [-0.39, 0.29) is 0 Å². The maximum absolute atomic E-state index is 5.87. The van der Waals surface area contributed by atoms with Gasteiger partial charge in [-0.1, -0.05) is 50.1 Å². The molecule has 5 heteroatoms. The average Bonchev–Trinajstić information content (AvgIpc) is 2.82. The highest BCUT2D eigenvalue weighted by Gasteiger charge is 2.12. The van der Waals surface area contributed by atoms with E-state index in [4.69, 9.17) is 9.47 Å². The van der Waals surface area contributed by atoms with E-state index < -0.39 is 0 Å². The summed E-state index contributed by atoms with van der Waals surface area (Å²) in [4.78, 5) is 2.24. The Labute approximate surface area is 202 Å². The molecular weight excluding hydrogens is 518 g/mol. The van der Waals surface area contributed by atoms with Crippen molar-refractivity contribution >= 4 is 48.9 Å². The van der Waals surface area contributed by atoms with Gasteiger partial charge in [-0.3, -0.25) is 0 Å². The molecule has 0 aliphatic heterocycles. The van der Waals surface area contributed by atoms with Gasteiger partial charge in [0, 0.05) is 27.7 Å². The van der Waals surface area contributed by atoms with E-state index in [0.29, 0.717) is 0 Å². The van der Waals surface area contributed by atoms with E-state index in [2.05, 4.69) is 85.3 Å². The van der Waals surface area contributed by atoms with Crippen LogP contribution in [0.5, 0.6) is 11.5 Å². The molecule has 3 nitrogen and oxygen atoms in total. The molecule has 164 valence electrons. The van der Waals surface area contributed by atoms with Crippen LogP contribution in [0, 0.1) is 0 Å². The van der Waals surface area contributed by atoms with Gasteiger partial charge in [-0.2, -0.15) is 0 Å². The van der Waals surface area contributed by atoms with Gasteiger partial charge in [-0.25, -0.2) is 0 Å². The second kappa shape index (κ2) is 13.4. The van der Waals surface area contributed by atoms with Crippen molar-refractivity contribution < 1.29 is 9.47 Å². The molecule has 0 heterocycles. The molecule has 3 aromatic carbocycles. The largest absolute Gasteiger partial charge is 0.494 e. The summed E-state index contributed by atoms with van der Waals surface area (Å²) in [5.74, 6) is 1.80. The summed E-state index contributed by atoms with van der Waals surface area (Å²) in [6.07, 6.45) is 4.34. The lowest BCUT2D eigenvalue weighted by molar-refractivity contribution is 0.310. The van der Waals surface area contributed by atoms with Gasteiger partial charge in [0.15, 0.2) is 0 Å². The van der Waals surface area contributed by atoms with Gasteiger partial charge in [-0.05, 0) is 86.3 Å². The summed E-state index contributed by atoms with van der Waals surface area (Å²) in [5.41, 5.74) is 3.29. The van der Waals surface area contributed by atoms with E-state index >= 15 is 0 Å². The van der Waals surface area contributed by atoms with E-state index in [1.807, 2.05) is 30.3 Å². The normalized spacial score (nSPS) is 10.6. The minimum atomic E-state index is 0.741. The zero-order chi connectivity index (χ0) is 21.7. The van der Waals surface area contributed by atoms with Crippen molar-refractivity contribution in [3.63, 3.8) is 0 Å². The molecule has 0 amide bonds. The van der Waals surface area contributed by atoms with Crippen LogP contribution in [0.15, 0.2) is 78.9 Å². The maximum atomic E-state index is 5.87. The van der Waals surface area contributed by atoms with Crippen LogP contribution in [0.25, 0.3) is 0 Å². The molecule has 0 bridgehead atoms.